The third kappa shape index (κ3) is 5.02. The first-order valence-electron chi connectivity index (χ1n) is 6.16. The summed E-state index contributed by atoms with van der Waals surface area (Å²) in [4.78, 5) is 11.8. The van der Waals surface area contributed by atoms with Crippen molar-refractivity contribution >= 4 is 41.5 Å². The SMILES string of the molecule is CC(Oc1cc(Cl)cc(Cl)c1)C(=O)NCC1CNC1.Cl. The Morgan fingerprint density at radius 3 is 2.50 bits per heavy atom. The topological polar surface area (TPSA) is 50.4 Å². The van der Waals surface area contributed by atoms with Gasteiger partial charge in [0.1, 0.15) is 5.75 Å². The first kappa shape index (κ1) is 17.4. The van der Waals surface area contributed by atoms with E-state index in [-0.39, 0.29) is 18.3 Å². The second-order valence-corrected chi connectivity index (χ2v) is 5.51. The Hall–Kier alpha value is -0.680. The molecule has 20 heavy (non-hydrogen) atoms. The van der Waals surface area contributed by atoms with E-state index in [2.05, 4.69) is 10.6 Å². The van der Waals surface area contributed by atoms with E-state index in [0.717, 1.165) is 13.1 Å². The standard InChI is InChI=1S/C13H16Cl2N2O2.ClH/c1-8(13(18)17-7-9-5-16-6-9)19-12-3-10(14)2-11(15)4-12;/h2-4,8-9,16H,5-7H2,1H3,(H,17,18);1H. The van der Waals surface area contributed by atoms with Gasteiger partial charge in [-0.3, -0.25) is 4.79 Å². The maximum atomic E-state index is 11.8. The monoisotopic (exact) mass is 338 g/mol. The molecule has 1 aromatic rings. The number of halogens is 3. The predicted molar refractivity (Wildman–Crippen MR) is 83.2 cm³/mol. The zero-order valence-corrected chi connectivity index (χ0v) is 13.3. The fourth-order valence-electron chi connectivity index (χ4n) is 1.74. The number of amides is 1. The average Bonchev–Trinajstić information content (AvgIpc) is 2.25. The molecule has 2 N–H and O–H groups in total. The van der Waals surface area contributed by atoms with Gasteiger partial charge in [0.2, 0.25) is 0 Å². The van der Waals surface area contributed by atoms with Gasteiger partial charge in [0, 0.05) is 35.6 Å². The van der Waals surface area contributed by atoms with Crippen molar-refractivity contribution in [2.75, 3.05) is 19.6 Å². The van der Waals surface area contributed by atoms with Crippen molar-refractivity contribution < 1.29 is 9.53 Å². The molecule has 1 aliphatic rings. The van der Waals surface area contributed by atoms with Gasteiger partial charge < -0.3 is 15.4 Å². The molecule has 1 atom stereocenters. The second kappa shape index (κ2) is 7.93. The van der Waals surface area contributed by atoms with Crippen molar-refractivity contribution in [2.24, 2.45) is 5.92 Å². The fourth-order valence-corrected chi connectivity index (χ4v) is 2.24. The summed E-state index contributed by atoms with van der Waals surface area (Å²) < 4.78 is 5.53. The van der Waals surface area contributed by atoms with Crippen LogP contribution in [0.4, 0.5) is 0 Å². The zero-order valence-electron chi connectivity index (χ0n) is 11.0. The minimum atomic E-state index is -0.581. The zero-order chi connectivity index (χ0) is 13.8. The number of benzene rings is 1. The smallest absolute Gasteiger partial charge is 0.260 e. The third-order valence-corrected chi connectivity index (χ3v) is 3.39. The summed E-state index contributed by atoms with van der Waals surface area (Å²) in [7, 11) is 0. The van der Waals surface area contributed by atoms with Gasteiger partial charge in [-0.05, 0) is 25.1 Å². The Bertz CT molecular complexity index is 447. The van der Waals surface area contributed by atoms with E-state index in [1.165, 1.54) is 0 Å². The molecule has 1 fully saturated rings. The molecule has 1 heterocycles. The van der Waals surface area contributed by atoms with Crippen LogP contribution in [0.5, 0.6) is 5.75 Å². The van der Waals surface area contributed by atoms with Crippen molar-refractivity contribution in [3.05, 3.63) is 28.2 Å². The van der Waals surface area contributed by atoms with Crippen molar-refractivity contribution in [3.8, 4) is 5.75 Å². The second-order valence-electron chi connectivity index (χ2n) is 4.63. The molecule has 1 aliphatic heterocycles. The molecule has 0 radical (unpaired) electrons. The normalized spacial score (nSPS) is 15.8. The fraction of sp³-hybridized carbons (Fsp3) is 0.462. The van der Waals surface area contributed by atoms with Gasteiger partial charge in [-0.2, -0.15) is 0 Å². The van der Waals surface area contributed by atoms with Crippen molar-refractivity contribution in [3.63, 3.8) is 0 Å². The van der Waals surface area contributed by atoms with Gasteiger partial charge >= 0.3 is 0 Å². The molecular weight excluding hydrogens is 323 g/mol. The van der Waals surface area contributed by atoms with E-state index >= 15 is 0 Å². The minimum absolute atomic E-state index is 0. The van der Waals surface area contributed by atoms with E-state index in [4.69, 9.17) is 27.9 Å². The molecule has 0 bridgehead atoms. The summed E-state index contributed by atoms with van der Waals surface area (Å²) in [6, 6.07) is 4.88. The van der Waals surface area contributed by atoms with Crippen molar-refractivity contribution in [1.82, 2.24) is 10.6 Å². The number of hydrogen-bond acceptors (Lipinski definition) is 3. The van der Waals surface area contributed by atoms with Crippen LogP contribution in [0.25, 0.3) is 0 Å². The lowest BCUT2D eigenvalue weighted by atomic mass is 10.0. The number of carbonyl (C=O) groups is 1. The van der Waals surface area contributed by atoms with E-state index < -0.39 is 6.10 Å². The summed E-state index contributed by atoms with van der Waals surface area (Å²) in [5.74, 6) is 0.880. The molecule has 112 valence electrons. The summed E-state index contributed by atoms with van der Waals surface area (Å²) in [5.41, 5.74) is 0. The molecule has 1 saturated heterocycles. The number of carbonyl (C=O) groups excluding carboxylic acids is 1. The minimum Gasteiger partial charge on any atom is -0.481 e. The van der Waals surface area contributed by atoms with E-state index in [1.807, 2.05) is 0 Å². The van der Waals surface area contributed by atoms with Crippen LogP contribution in [0.15, 0.2) is 18.2 Å². The van der Waals surface area contributed by atoms with Crippen molar-refractivity contribution in [1.29, 1.82) is 0 Å². The van der Waals surface area contributed by atoms with E-state index in [1.54, 1.807) is 25.1 Å². The van der Waals surface area contributed by atoms with Crippen molar-refractivity contribution in [2.45, 2.75) is 13.0 Å². The van der Waals surface area contributed by atoms with Gasteiger partial charge in [0.25, 0.3) is 5.91 Å². The molecule has 0 saturated carbocycles. The highest BCUT2D eigenvalue weighted by atomic mass is 35.5. The van der Waals surface area contributed by atoms with Crippen LogP contribution in [0.3, 0.4) is 0 Å². The molecule has 1 unspecified atom stereocenters. The van der Waals surface area contributed by atoms with E-state index in [9.17, 15) is 4.79 Å². The summed E-state index contributed by atoms with van der Waals surface area (Å²) in [6.07, 6.45) is -0.581. The number of hydrogen-bond donors (Lipinski definition) is 2. The number of rotatable bonds is 5. The molecule has 0 aromatic heterocycles. The molecule has 1 aromatic carbocycles. The van der Waals surface area contributed by atoms with Gasteiger partial charge in [0.15, 0.2) is 6.10 Å². The highest BCUT2D eigenvalue weighted by molar-refractivity contribution is 6.34. The van der Waals surface area contributed by atoms with Gasteiger partial charge in [0.05, 0.1) is 0 Å². The Morgan fingerprint density at radius 1 is 1.40 bits per heavy atom. The maximum Gasteiger partial charge on any atom is 0.260 e. The van der Waals surface area contributed by atoms with Crippen LogP contribution in [0.2, 0.25) is 10.0 Å². The van der Waals surface area contributed by atoms with Crippen LogP contribution in [-0.2, 0) is 4.79 Å². The first-order chi connectivity index (χ1) is 9.04. The lowest BCUT2D eigenvalue weighted by molar-refractivity contribution is -0.127. The van der Waals surface area contributed by atoms with Crippen LogP contribution >= 0.6 is 35.6 Å². The Balaban J connectivity index is 0.00000200. The van der Waals surface area contributed by atoms with Crippen LogP contribution < -0.4 is 15.4 Å². The molecule has 7 heteroatoms. The molecule has 0 aliphatic carbocycles. The van der Waals surface area contributed by atoms with Crippen LogP contribution in [-0.4, -0.2) is 31.6 Å². The van der Waals surface area contributed by atoms with Gasteiger partial charge in [-0.1, -0.05) is 23.2 Å². The molecular formula is C13H17Cl3N2O2. The number of ether oxygens (including phenoxy) is 1. The summed E-state index contributed by atoms with van der Waals surface area (Å²) in [6.45, 7) is 4.29. The first-order valence-corrected chi connectivity index (χ1v) is 6.91. The van der Waals surface area contributed by atoms with Gasteiger partial charge in [-0.25, -0.2) is 0 Å². The number of nitrogens with one attached hydrogen (secondary N) is 2. The summed E-state index contributed by atoms with van der Waals surface area (Å²) >= 11 is 11.7. The lowest BCUT2D eigenvalue weighted by Gasteiger charge is -2.27. The Kier molecular flexibility index (Phi) is 6.89. The highest BCUT2D eigenvalue weighted by Crippen LogP contribution is 2.24. The third-order valence-electron chi connectivity index (χ3n) is 2.95. The maximum absolute atomic E-state index is 11.8. The van der Waals surface area contributed by atoms with Crippen LogP contribution in [0, 0.1) is 5.92 Å². The Labute approximate surface area is 134 Å². The Morgan fingerprint density at radius 2 is 2.00 bits per heavy atom. The lowest BCUT2D eigenvalue weighted by Crippen LogP contribution is -2.49. The predicted octanol–water partition coefficient (Wildman–Crippen LogP) is 2.52. The molecule has 4 nitrogen and oxygen atoms in total. The molecule has 0 spiro atoms. The van der Waals surface area contributed by atoms with E-state index in [0.29, 0.717) is 28.3 Å². The average molecular weight is 340 g/mol. The van der Waals surface area contributed by atoms with Crippen LogP contribution in [0.1, 0.15) is 6.92 Å². The van der Waals surface area contributed by atoms with Gasteiger partial charge in [-0.15, -0.1) is 12.4 Å². The highest BCUT2D eigenvalue weighted by Gasteiger charge is 2.20. The quantitative estimate of drug-likeness (QED) is 0.866. The molecule has 1 amide bonds. The largest absolute Gasteiger partial charge is 0.481 e. The molecule has 2 rings (SSSR count). The summed E-state index contributed by atoms with van der Waals surface area (Å²) in [5, 5.41) is 6.98.